The number of rotatable bonds is 4. The molecule has 0 aliphatic heterocycles. The third-order valence-electron chi connectivity index (χ3n) is 4.59. The van der Waals surface area contributed by atoms with Crippen molar-refractivity contribution in [3.63, 3.8) is 0 Å². The molecule has 0 aliphatic rings. The summed E-state index contributed by atoms with van der Waals surface area (Å²) in [5.74, 6) is 0.0134. The van der Waals surface area contributed by atoms with Crippen molar-refractivity contribution < 1.29 is 9.18 Å². The molecule has 0 unspecified atom stereocenters. The summed E-state index contributed by atoms with van der Waals surface area (Å²) in [4.78, 5) is 26.7. The minimum Gasteiger partial charge on any atom is -0.328 e. The number of hydrogen-bond donors (Lipinski definition) is 1. The average molecular weight is 390 g/mol. The summed E-state index contributed by atoms with van der Waals surface area (Å²) in [5.41, 5.74) is 2.81. The Morgan fingerprint density at radius 3 is 2.79 bits per heavy atom. The molecule has 7 nitrogen and oxygen atoms in total. The second-order valence-corrected chi connectivity index (χ2v) is 6.53. The lowest BCUT2D eigenvalue weighted by Crippen LogP contribution is -2.30. The van der Waals surface area contributed by atoms with Crippen molar-refractivity contribution in [2.45, 2.75) is 6.92 Å². The van der Waals surface area contributed by atoms with Crippen molar-refractivity contribution in [1.29, 1.82) is 0 Å². The first-order chi connectivity index (χ1) is 14.0. The molecule has 0 fully saturated rings. The maximum Gasteiger partial charge on any atom is 0.321 e. The van der Waals surface area contributed by atoms with Crippen LogP contribution in [0, 0.1) is 5.82 Å². The van der Waals surface area contributed by atoms with Gasteiger partial charge < -0.3 is 10.2 Å². The van der Waals surface area contributed by atoms with Crippen LogP contribution < -0.4 is 5.32 Å². The predicted octanol–water partition coefficient (Wildman–Crippen LogP) is 4.08. The van der Waals surface area contributed by atoms with Gasteiger partial charge in [0.2, 0.25) is 5.78 Å². The summed E-state index contributed by atoms with van der Waals surface area (Å²) in [6.45, 7) is 2.44. The van der Waals surface area contributed by atoms with E-state index in [1.54, 1.807) is 36.1 Å². The number of anilines is 1. The maximum atomic E-state index is 14.5. The molecule has 2 amide bonds. The highest BCUT2D eigenvalue weighted by Gasteiger charge is 2.14. The molecule has 0 spiro atoms. The Balaban J connectivity index is 1.69. The molecule has 0 saturated carbocycles. The number of aromatic nitrogens is 4. The Morgan fingerprint density at radius 2 is 2.03 bits per heavy atom. The van der Waals surface area contributed by atoms with E-state index in [0.717, 1.165) is 11.3 Å². The number of carbonyl (C=O) groups is 1. The zero-order valence-electron chi connectivity index (χ0n) is 16.0. The Kier molecular flexibility index (Phi) is 4.90. The van der Waals surface area contributed by atoms with Gasteiger partial charge in [0.05, 0.1) is 11.4 Å². The predicted molar refractivity (Wildman–Crippen MR) is 109 cm³/mol. The van der Waals surface area contributed by atoms with Gasteiger partial charge in [-0.25, -0.2) is 19.2 Å². The Hall–Kier alpha value is -3.81. The van der Waals surface area contributed by atoms with Gasteiger partial charge in [0.15, 0.2) is 0 Å². The molecule has 8 heteroatoms. The molecular weight excluding hydrogens is 371 g/mol. The number of carbonyl (C=O) groups excluding carboxylic acids is 1. The number of imidazole rings is 1. The topological polar surface area (TPSA) is 75.4 Å². The smallest absolute Gasteiger partial charge is 0.321 e. The summed E-state index contributed by atoms with van der Waals surface area (Å²) in [7, 11) is 1.69. The largest absolute Gasteiger partial charge is 0.328 e. The van der Waals surface area contributed by atoms with Crippen LogP contribution >= 0.6 is 0 Å². The Bertz CT molecular complexity index is 1170. The molecule has 4 rings (SSSR count). The minimum atomic E-state index is -0.430. The van der Waals surface area contributed by atoms with E-state index in [4.69, 9.17) is 0 Å². The summed E-state index contributed by atoms with van der Waals surface area (Å²) in [6.07, 6.45) is 6.95. The van der Waals surface area contributed by atoms with Crippen molar-refractivity contribution in [3.8, 4) is 22.5 Å². The highest BCUT2D eigenvalue weighted by atomic mass is 19.1. The van der Waals surface area contributed by atoms with E-state index in [2.05, 4.69) is 20.3 Å². The number of halogens is 1. The third kappa shape index (κ3) is 3.77. The van der Waals surface area contributed by atoms with Crippen LogP contribution in [0.5, 0.6) is 0 Å². The lowest BCUT2D eigenvalue weighted by atomic mass is 10.1. The van der Waals surface area contributed by atoms with Crippen molar-refractivity contribution in [2.24, 2.45) is 0 Å². The molecule has 146 valence electrons. The highest BCUT2D eigenvalue weighted by molar-refractivity contribution is 5.90. The quantitative estimate of drug-likeness (QED) is 0.570. The molecule has 0 aliphatic carbocycles. The van der Waals surface area contributed by atoms with E-state index in [1.807, 2.05) is 31.3 Å². The van der Waals surface area contributed by atoms with Crippen molar-refractivity contribution in [3.05, 3.63) is 67.0 Å². The standard InChI is InChI=1S/C21H19FN6O/c1-3-27(2)21(29)25-15-7-8-17(22)16(10-15)19-13-28-12-14(11-24-20(28)26-19)18-6-4-5-9-23-18/h4-13H,3H2,1-2H3,(H,25,29). The van der Waals surface area contributed by atoms with E-state index >= 15 is 0 Å². The molecule has 1 aromatic carbocycles. The van der Waals surface area contributed by atoms with Crippen LogP contribution in [0.2, 0.25) is 0 Å². The zero-order chi connectivity index (χ0) is 20.4. The minimum absolute atomic E-state index is 0.262. The SMILES string of the molecule is CCN(C)C(=O)Nc1ccc(F)c(-c2cn3cc(-c4ccccn4)cnc3n2)c1. The molecule has 29 heavy (non-hydrogen) atoms. The lowest BCUT2D eigenvalue weighted by molar-refractivity contribution is 0.224. The molecule has 3 heterocycles. The summed E-state index contributed by atoms with van der Waals surface area (Å²) in [5, 5.41) is 2.76. The Labute approximate surface area is 166 Å². The number of hydrogen-bond acceptors (Lipinski definition) is 4. The van der Waals surface area contributed by atoms with Crippen molar-refractivity contribution in [1.82, 2.24) is 24.3 Å². The molecule has 1 N–H and O–H groups in total. The molecule has 0 bridgehead atoms. The van der Waals surface area contributed by atoms with Crippen LogP contribution in [-0.2, 0) is 0 Å². The number of benzene rings is 1. The van der Waals surface area contributed by atoms with Crippen LogP contribution in [0.4, 0.5) is 14.9 Å². The summed E-state index contributed by atoms with van der Waals surface area (Å²) >= 11 is 0. The molecule has 4 aromatic rings. The monoisotopic (exact) mass is 390 g/mol. The number of amides is 2. The van der Waals surface area contributed by atoms with Crippen molar-refractivity contribution >= 4 is 17.5 Å². The number of fused-ring (bicyclic) bond motifs is 1. The second kappa shape index (κ2) is 7.67. The highest BCUT2D eigenvalue weighted by Crippen LogP contribution is 2.26. The van der Waals surface area contributed by atoms with Gasteiger partial charge in [-0.2, -0.15) is 0 Å². The summed E-state index contributed by atoms with van der Waals surface area (Å²) < 4.78 is 16.2. The van der Waals surface area contributed by atoms with E-state index < -0.39 is 5.82 Å². The van der Waals surface area contributed by atoms with Crippen LogP contribution in [0.3, 0.4) is 0 Å². The van der Waals surface area contributed by atoms with Crippen LogP contribution in [0.1, 0.15) is 6.92 Å². The third-order valence-corrected chi connectivity index (χ3v) is 4.59. The zero-order valence-corrected chi connectivity index (χ0v) is 16.0. The fourth-order valence-corrected chi connectivity index (χ4v) is 2.84. The molecule has 0 saturated heterocycles. The maximum absolute atomic E-state index is 14.5. The fourth-order valence-electron chi connectivity index (χ4n) is 2.84. The van der Waals surface area contributed by atoms with E-state index in [1.165, 1.54) is 17.0 Å². The van der Waals surface area contributed by atoms with Gasteiger partial charge in [0.1, 0.15) is 5.82 Å². The van der Waals surface area contributed by atoms with Gasteiger partial charge in [0, 0.05) is 55.2 Å². The first kappa shape index (κ1) is 18.5. The van der Waals surface area contributed by atoms with E-state index in [0.29, 0.717) is 23.7 Å². The number of nitrogens with zero attached hydrogens (tertiary/aromatic N) is 5. The normalized spacial score (nSPS) is 10.9. The van der Waals surface area contributed by atoms with Crippen LogP contribution in [-0.4, -0.2) is 43.9 Å². The first-order valence-corrected chi connectivity index (χ1v) is 9.13. The molecule has 0 radical (unpaired) electrons. The van der Waals surface area contributed by atoms with Gasteiger partial charge >= 0.3 is 6.03 Å². The second-order valence-electron chi connectivity index (χ2n) is 6.53. The summed E-state index contributed by atoms with van der Waals surface area (Å²) in [6, 6.07) is 9.77. The van der Waals surface area contributed by atoms with Gasteiger partial charge in [-0.3, -0.25) is 9.38 Å². The van der Waals surface area contributed by atoms with Gasteiger partial charge in [0.25, 0.3) is 0 Å². The van der Waals surface area contributed by atoms with E-state index in [-0.39, 0.29) is 11.6 Å². The first-order valence-electron chi connectivity index (χ1n) is 9.13. The van der Waals surface area contributed by atoms with Gasteiger partial charge in [-0.1, -0.05) is 6.07 Å². The number of urea groups is 1. The fraction of sp³-hybridized carbons (Fsp3) is 0.143. The molecule has 0 atom stereocenters. The molecule has 3 aromatic heterocycles. The lowest BCUT2D eigenvalue weighted by Gasteiger charge is -2.15. The Morgan fingerprint density at radius 1 is 1.17 bits per heavy atom. The van der Waals surface area contributed by atoms with Gasteiger partial charge in [-0.05, 0) is 37.3 Å². The van der Waals surface area contributed by atoms with Gasteiger partial charge in [-0.15, -0.1) is 0 Å². The van der Waals surface area contributed by atoms with Crippen molar-refractivity contribution in [2.75, 3.05) is 18.9 Å². The van der Waals surface area contributed by atoms with Crippen LogP contribution in [0.25, 0.3) is 28.3 Å². The number of pyridine rings is 1. The average Bonchev–Trinajstić information content (AvgIpc) is 3.18. The van der Waals surface area contributed by atoms with E-state index in [9.17, 15) is 9.18 Å². The van der Waals surface area contributed by atoms with Crippen LogP contribution in [0.15, 0.2) is 61.2 Å². The molecular formula is C21H19FN6O. The number of nitrogens with one attached hydrogen (secondary N) is 1.